The van der Waals surface area contributed by atoms with Gasteiger partial charge in [-0.2, -0.15) is 0 Å². The van der Waals surface area contributed by atoms with Gasteiger partial charge in [-0.1, -0.05) is 28.1 Å². The van der Waals surface area contributed by atoms with Gasteiger partial charge in [0.05, 0.1) is 5.69 Å². The number of halogens is 1. The molecule has 0 unspecified atom stereocenters. The first-order valence-corrected chi connectivity index (χ1v) is 8.44. The second kappa shape index (κ2) is 7.12. The van der Waals surface area contributed by atoms with Crippen LogP contribution in [-0.2, 0) is 9.59 Å². The van der Waals surface area contributed by atoms with Gasteiger partial charge >= 0.3 is 0 Å². The Morgan fingerprint density at radius 1 is 1.16 bits per heavy atom. The van der Waals surface area contributed by atoms with Gasteiger partial charge in [-0.3, -0.25) is 19.5 Å². The van der Waals surface area contributed by atoms with Gasteiger partial charge in [0, 0.05) is 10.7 Å². The summed E-state index contributed by atoms with van der Waals surface area (Å²) < 4.78 is 0.855. The van der Waals surface area contributed by atoms with E-state index < -0.39 is 17.7 Å². The Bertz CT molecular complexity index is 883. The smallest absolute Gasteiger partial charge is 0.251 e. The Kier molecular flexibility index (Phi) is 4.91. The van der Waals surface area contributed by atoms with Crippen molar-refractivity contribution < 1.29 is 14.7 Å². The maximum Gasteiger partial charge on any atom is 0.251 e. The number of carbonyl (C=O) groups excluding carboxylic acids is 2. The highest BCUT2D eigenvalue weighted by molar-refractivity contribution is 9.10. The summed E-state index contributed by atoms with van der Waals surface area (Å²) in [5.41, 5.74) is 0.811. The van der Waals surface area contributed by atoms with Crippen molar-refractivity contribution in [3.8, 4) is 5.75 Å². The molecule has 126 valence electrons. The van der Waals surface area contributed by atoms with E-state index in [9.17, 15) is 14.7 Å². The third-order valence-corrected chi connectivity index (χ3v) is 4.34. The number of nitrogens with zero attached hydrogens (tertiary/aromatic N) is 2. The minimum absolute atomic E-state index is 0.0181. The second-order valence-electron chi connectivity index (χ2n) is 5.19. The van der Waals surface area contributed by atoms with E-state index >= 15 is 0 Å². The predicted molar refractivity (Wildman–Crippen MR) is 102 cm³/mol. The number of phenols is 1. The number of amides is 2. The minimum Gasteiger partial charge on any atom is -0.506 e. The van der Waals surface area contributed by atoms with Gasteiger partial charge in [-0.15, -0.1) is 0 Å². The maximum atomic E-state index is 12.8. The molecular weight excluding hydrogens is 406 g/mol. The van der Waals surface area contributed by atoms with Crippen molar-refractivity contribution in [2.45, 2.75) is 0 Å². The fourth-order valence-corrected chi connectivity index (χ4v) is 2.84. The van der Waals surface area contributed by atoms with Gasteiger partial charge in [-0.05, 0) is 48.6 Å². The molecular formula is C17H12BrN3O3S. The monoisotopic (exact) mass is 417 g/mol. The number of para-hydroxylation sites is 2. The number of hydrogen-bond acceptors (Lipinski definition) is 5. The first-order chi connectivity index (χ1) is 12.0. The van der Waals surface area contributed by atoms with Gasteiger partial charge in [0.25, 0.3) is 5.91 Å². The summed E-state index contributed by atoms with van der Waals surface area (Å²) in [4.78, 5) is 30.2. The summed E-state index contributed by atoms with van der Waals surface area (Å²) in [6.45, 7) is 0. The summed E-state index contributed by atoms with van der Waals surface area (Å²) in [7, 11) is 0. The lowest BCUT2D eigenvalue weighted by molar-refractivity contribution is -0.130. The van der Waals surface area contributed by atoms with Crippen LogP contribution < -0.4 is 10.2 Å². The number of carbonyl (C=O) groups is 2. The molecule has 1 heterocycles. The molecule has 2 amide bonds. The Morgan fingerprint density at radius 2 is 1.84 bits per heavy atom. The van der Waals surface area contributed by atoms with Crippen molar-refractivity contribution in [1.82, 2.24) is 5.32 Å². The Balaban J connectivity index is 1.90. The van der Waals surface area contributed by atoms with Crippen molar-refractivity contribution in [1.29, 1.82) is 0 Å². The average molecular weight is 418 g/mol. The molecule has 1 atom stereocenters. The van der Waals surface area contributed by atoms with E-state index in [1.165, 1.54) is 17.2 Å². The van der Waals surface area contributed by atoms with Crippen molar-refractivity contribution in [3.05, 3.63) is 53.0 Å². The van der Waals surface area contributed by atoms with Crippen LogP contribution in [0.15, 0.2) is 58.0 Å². The van der Waals surface area contributed by atoms with Gasteiger partial charge in [0.1, 0.15) is 11.4 Å². The third kappa shape index (κ3) is 3.59. The summed E-state index contributed by atoms with van der Waals surface area (Å²) in [6.07, 6.45) is 1.21. The zero-order valence-corrected chi connectivity index (χ0v) is 15.1. The quantitative estimate of drug-likeness (QED) is 0.456. The number of benzene rings is 2. The first-order valence-electron chi connectivity index (χ1n) is 7.24. The molecule has 25 heavy (non-hydrogen) atoms. The topological polar surface area (TPSA) is 82.0 Å². The van der Waals surface area contributed by atoms with Crippen LogP contribution in [0.25, 0.3) is 0 Å². The van der Waals surface area contributed by atoms with Gasteiger partial charge < -0.3 is 10.4 Å². The van der Waals surface area contributed by atoms with E-state index in [0.717, 1.165) is 4.47 Å². The van der Waals surface area contributed by atoms with Gasteiger partial charge in [0.2, 0.25) is 5.91 Å². The molecule has 2 N–H and O–H groups in total. The third-order valence-electron chi connectivity index (χ3n) is 3.53. The normalized spacial score (nSPS) is 17.9. The van der Waals surface area contributed by atoms with E-state index in [1.54, 1.807) is 42.5 Å². The highest BCUT2D eigenvalue weighted by atomic mass is 79.9. The standard InChI is InChI=1S/C17H12BrN3O3S/c18-10-5-7-11(8-6-10)21-16(24)12(15(23)20-17(21)25)9-19-13-3-1-2-4-14(13)22/h1-9,12,22H,(H,20,23,25)/t12-/m0/s1. The lowest BCUT2D eigenvalue weighted by Gasteiger charge is -2.30. The lowest BCUT2D eigenvalue weighted by atomic mass is 10.1. The van der Waals surface area contributed by atoms with Crippen LogP contribution in [0.1, 0.15) is 0 Å². The molecule has 0 spiro atoms. The Labute approximate surface area is 157 Å². The van der Waals surface area contributed by atoms with E-state index in [0.29, 0.717) is 5.69 Å². The minimum atomic E-state index is -1.14. The molecule has 0 radical (unpaired) electrons. The zero-order chi connectivity index (χ0) is 18.0. The van der Waals surface area contributed by atoms with Crippen LogP contribution in [0.3, 0.4) is 0 Å². The Morgan fingerprint density at radius 3 is 2.52 bits per heavy atom. The summed E-state index contributed by atoms with van der Waals surface area (Å²) >= 11 is 8.45. The fourth-order valence-electron chi connectivity index (χ4n) is 2.28. The number of rotatable bonds is 3. The Hall–Kier alpha value is -2.58. The van der Waals surface area contributed by atoms with E-state index in [-0.39, 0.29) is 16.5 Å². The molecule has 2 aromatic carbocycles. The number of aliphatic imine (C=N–C) groups is 1. The number of anilines is 1. The maximum absolute atomic E-state index is 12.8. The summed E-state index contributed by atoms with van der Waals surface area (Å²) in [5.74, 6) is -2.24. The van der Waals surface area contributed by atoms with E-state index in [2.05, 4.69) is 26.2 Å². The number of hydrogen-bond donors (Lipinski definition) is 2. The second-order valence-corrected chi connectivity index (χ2v) is 6.49. The largest absolute Gasteiger partial charge is 0.506 e. The van der Waals surface area contributed by atoms with Crippen molar-refractivity contribution >= 4 is 62.7 Å². The molecule has 0 bridgehead atoms. The van der Waals surface area contributed by atoms with Crippen LogP contribution in [-0.4, -0.2) is 28.2 Å². The summed E-state index contributed by atoms with van der Waals surface area (Å²) in [6, 6.07) is 13.4. The average Bonchev–Trinajstić information content (AvgIpc) is 2.57. The molecule has 1 fully saturated rings. The van der Waals surface area contributed by atoms with Gasteiger partial charge in [-0.25, -0.2) is 0 Å². The molecule has 0 aliphatic carbocycles. The highest BCUT2D eigenvalue weighted by Gasteiger charge is 2.38. The van der Waals surface area contributed by atoms with E-state index in [4.69, 9.17) is 12.2 Å². The molecule has 1 aliphatic heterocycles. The van der Waals surface area contributed by atoms with Gasteiger partial charge in [0.15, 0.2) is 11.0 Å². The van der Waals surface area contributed by atoms with Crippen LogP contribution in [0, 0.1) is 5.92 Å². The first kappa shape index (κ1) is 17.2. The molecule has 3 rings (SSSR count). The van der Waals surface area contributed by atoms with Crippen molar-refractivity contribution in [2.75, 3.05) is 4.90 Å². The summed E-state index contributed by atoms with van der Waals surface area (Å²) in [5, 5.41) is 12.3. The fraction of sp³-hybridized carbons (Fsp3) is 0.0588. The highest BCUT2D eigenvalue weighted by Crippen LogP contribution is 2.26. The van der Waals surface area contributed by atoms with E-state index in [1.807, 2.05) is 0 Å². The van der Waals surface area contributed by atoms with Crippen LogP contribution in [0.4, 0.5) is 11.4 Å². The molecule has 2 aromatic rings. The number of aromatic hydroxyl groups is 1. The number of phenolic OH excluding ortho intramolecular Hbond substituents is 1. The molecule has 6 nitrogen and oxygen atoms in total. The van der Waals surface area contributed by atoms with Crippen LogP contribution in [0.5, 0.6) is 5.75 Å². The number of nitrogens with one attached hydrogen (secondary N) is 1. The van der Waals surface area contributed by atoms with Crippen molar-refractivity contribution in [2.24, 2.45) is 10.9 Å². The SMILES string of the molecule is O=C1NC(=S)N(c2ccc(Br)cc2)C(=O)[C@H]1C=Nc1ccccc1O. The molecule has 0 aromatic heterocycles. The van der Waals surface area contributed by atoms with Crippen LogP contribution in [0.2, 0.25) is 0 Å². The lowest BCUT2D eigenvalue weighted by Crippen LogP contribution is -2.58. The molecule has 1 aliphatic rings. The number of thiocarbonyl (C=S) groups is 1. The van der Waals surface area contributed by atoms with Crippen LogP contribution >= 0.6 is 28.1 Å². The molecule has 8 heteroatoms. The molecule has 0 saturated carbocycles. The zero-order valence-electron chi connectivity index (χ0n) is 12.7. The van der Waals surface area contributed by atoms with Crippen molar-refractivity contribution in [3.63, 3.8) is 0 Å². The molecule has 1 saturated heterocycles. The predicted octanol–water partition coefficient (Wildman–Crippen LogP) is 2.92.